The van der Waals surface area contributed by atoms with Gasteiger partial charge >= 0.3 is 5.69 Å². The number of nitro benzene ring substituents is 2. The van der Waals surface area contributed by atoms with E-state index >= 15 is 0 Å². The smallest absolute Gasteiger partial charge is 0.304 e. The van der Waals surface area contributed by atoms with E-state index in [1.165, 1.54) is 6.92 Å². The predicted molar refractivity (Wildman–Crippen MR) is 122 cm³/mol. The Morgan fingerprint density at radius 2 is 1.76 bits per heavy atom. The lowest BCUT2D eigenvalue weighted by Gasteiger charge is -2.24. The lowest BCUT2D eigenvalue weighted by atomic mass is 10.1. The highest BCUT2D eigenvalue weighted by Gasteiger charge is 2.24. The van der Waals surface area contributed by atoms with E-state index in [9.17, 15) is 30.3 Å². The summed E-state index contributed by atoms with van der Waals surface area (Å²) in [5, 5.41) is 42.4. The molecule has 0 heterocycles. The van der Waals surface area contributed by atoms with Crippen molar-refractivity contribution in [2.45, 2.75) is 33.6 Å². The Morgan fingerprint density at radius 3 is 2.27 bits per heavy atom. The van der Waals surface area contributed by atoms with Crippen LogP contribution >= 0.6 is 0 Å². The van der Waals surface area contributed by atoms with Crippen molar-refractivity contribution in [3.8, 4) is 6.07 Å². The van der Waals surface area contributed by atoms with Crippen LogP contribution in [0, 0.1) is 31.6 Å². The third-order valence-electron chi connectivity index (χ3n) is 4.50. The Hall–Kier alpha value is -4.40. The molecule has 1 N–H and O–H groups in total. The maximum atomic E-state index is 11.7. The van der Waals surface area contributed by atoms with Gasteiger partial charge in [0.1, 0.15) is 11.8 Å². The molecule has 2 aromatic rings. The van der Waals surface area contributed by atoms with Crippen LogP contribution in [-0.2, 0) is 4.79 Å². The lowest BCUT2D eigenvalue weighted by molar-refractivity contribution is -0.393. The van der Waals surface area contributed by atoms with E-state index < -0.39 is 26.9 Å². The van der Waals surface area contributed by atoms with Crippen molar-refractivity contribution < 1.29 is 14.6 Å². The molecule has 0 atom stereocenters. The molecule has 0 aliphatic heterocycles. The van der Waals surface area contributed by atoms with E-state index in [2.05, 4.69) is 34.3 Å². The molecule has 12 heteroatoms. The topological polar surface area (TPSA) is 167 Å². The van der Waals surface area contributed by atoms with Crippen LogP contribution in [0.2, 0.25) is 0 Å². The summed E-state index contributed by atoms with van der Waals surface area (Å²) >= 11 is 0. The first kappa shape index (κ1) is 24.9. The maximum absolute atomic E-state index is 11.7. The number of anilines is 2. The van der Waals surface area contributed by atoms with Crippen molar-refractivity contribution in [3.63, 3.8) is 0 Å². The second-order valence-electron chi connectivity index (χ2n) is 7.06. The van der Waals surface area contributed by atoms with Crippen LogP contribution in [0.1, 0.15) is 39.2 Å². The Kier molecular flexibility index (Phi) is 8.50. The molecule has 0 fully saturated rings. The number of carbonyl (C=O) groups is 1. The minimum Gasteiger partial charge on any atom is -0.371 e. The number of hydrogen-bond acceptors (Lipinski definition) is 9. The zero-order chi connectivity index (χ0) is 24.5. The molecule has 0 saturated carbocycles. The highest BCUT2D eigenvalue weighted by atomic mass is 16.6. The summed E-state index contributed by atoms with van der Waals surface area (Å²) in [6, 6.07) is 8.43. The summed E-state index contributed by atoms with van der Waals surface area (Å²) in [6.07, 6.45) is 1.86. The van der Waals surface area contributed by atoms with Crippen molar-refractivity contribution in [2.24, 2.45) is 10.2 Å². The molecule has 1 amide bonds. The number of non-ortho nitro benzene ring substituents is 1. The first-order valence-corrected chi connectivity index (χ1v) is 10.2. The third kappa shape index (κ3) is 6.30. The summed E-state index contributed by atoms with van der Waals surface area (Å²) < 4.78 is 0. The van der Waals surface area contributed by atoms with E-state index in [0.717, 1.165) is 43.8 Å². The monoisotopic (exact) mass is 453 g/mol. The number of carbonyl (C=O) groups excluding carboxylic acids is 1. The second kappa shape index (κ2) is 11.3. The lowest BCUT2D eigenvalue weighted by Crippen LogP contribution is -2.24. The standard InChI is InChI=1S/C21H23N7O5/c1-4-8-26(9-5-2)16-6-7-18(19(11-16)23-14(3)29)24-25-21-15(13-22)10-17(27(30)31)12-20(21)28(32)33/h6-7,10-12H,4-5,8-9H2,1-3H3,(H,23,29). The Labute approximate surface area is 189 Å². The zero-order valence-electron chi connectivity index (χ0n) is 18.4. The molecule has 33 heavy (non-hydrogen) atoms. The number of nitriles is 1. The van der Waals surface area contributed by atoms with Gasteiger partial charge < -0.3 is 10.2 Å². The van der Waals surface area contributed by atoms with Crippen LogP contribution in [0.4, 0.5) is 34.1 Å². The molecule has 0 aromatic heterocycles. The average Bonchev–Trinajstić information content (AvgIpc) is 2.76. The molecule has 0 radical (unpaired) electrons. The van der Waals surface area contributed by atoms with Gasteiger partial charge in [0.05, 0.1) is 27.2 Å². The highest BCUT2D eigenvalue weighted by Crippen LogP contribution is 2.38. The first-order chi connectivity index (χ1) is 15.7. The maximum Gasteiger partial charge on any atom is 0.304 e. The van der Waals surface area contributed by atoms with Crippen molar-refractivity contribution in [1.29, 1.82) is 5.26 Å². The quantitative estimate of drug-likeness (QED) is 0.286. The van der Waals surface area contributed by atoms with Crippen LogP contribution in [-0.4, -0.2) is 28.8 Å². The van der Waals surface area contributed by atoms with Crippen LogP contribution in [0.3, 0.4) is 0 Å². The SMILES string of the molecule is CCCN(CCC)c1ccc(N=Nc2c(C#N)cc([N+](=O)[O-])cc2[N+](=O)[O-])c(NC(C)=O)c1. The molecule has 0 bridgehead atoms. The fourth-order valence-corrected chi connectivity index (χ4v) is 3.15. The summed E-state index contributed by atoms with van der Waals surface area (Å²) in [5.74, 6) is -0.347. The van der Waals surface area contributed by atoms with E-state index in [4.69, 9.17) is 0 Å². The molecule has 172 valence electrons. The Balaban J connectivity index is 2.59. The van der Waals surface area contributed by atoms with Gasteiger partial charge in [-0.15, -0.1) is 10.2 Å². The van der Waals surface area contributed by atoms with Crippen molar-refractivity contribution in [2.75, 3.05) is 23.3 Å². The summed E-state index contributed by atoms with van der Waals surface area (Å²) in [6.45, 7) is 7.08. The van der Waals surface area contributed by atoms with E-state index in [-0.39, 0.29) is 17.2 Å². The molecule has 0 aliphatic rings. The third-order valence-corrected chi connectivity index (χ3v) is 4.50. The van der Waals surface area contributed by atoms with Gasteiger partial charge in [-0.05, 0) is 31.0 Å². The largest absolute Gasteiger partial charge is 0.371 e. The summed E-state index contributed by atoms with van der Waals surface area (Å²) in [4.78, 5) is 34.7. The summed E-state index contributed by atoms with van der Waals surface area (Å²) in [7, 11) is 0. The molecular formula is C21H23N7O5. The van der Waals surface area contributed by atoms with Gasteiger partial charge in [-0.3, -0.25) is 25.0 Å². The highest BCUT2D eigenvalue weighted by molar-refractivity contribution is 5.93. The van der Waals surface area contributed by atoms with Gasteiger partial charge in [-0.25, -0.2) is 0 Å². The predicted octanol–water partition coefficient (Wildman–Crippen LogP) is 5.37. The number of nitrogens with one attached hydrogen (secondary N) is 1. The van der Waals surface area contributed by atoms with Crippen molar-refractivity contribution >= 4 is 40.0 Å². The van der Waals surface area contributed by atoms with Gasteiger partial charge in [-0.1, -0.05) is 13.8 Å². The zero-order valence-corrected chi connectivity index (χ0v) is 18.4. The Bertz CT molecular complexity index is 1130. The number of rotatable bonds is 10. The van der Waals surface area contributed by atoms with E-state index in [1.807, 2.05) is 0 Å². The molecule has 0 saturated heterocycles. The molecule has 0 unspecified atom stereocenters. The van der Waals surface area contributed by atoms with Gasteiger partial charge in [0.15, 0.2) is 5.69 Å². The number of azo groups is 1. The van der Waals surface area contributed by atoms with E-state index in [0.29, 0.717) is 5.69 Å². The van der Waals surface area contributed by atoms with Gasteiger partial charge in [0.25, 0.3) is 5.69 Å². The average molecular weight is 453 g/mol. The second-order valence-corrected chi connectivity index (χ2v) is 7.06. The van der Waals surface area contributed by atoms with Crippen LogP contribution in [0.15, 0.2) is 40.6 Å². The first-order valence-electron chi connectivity index (χ1n) is 10.2. The molecular weight excluding hydrogens is 430 g/mol. The molecule has 2 rings (SSSR count). The number of nitrogens with zero attached hydrogens (tertiary/aromatic N) is 6. The van der Waals surface area contributed by atoms with Crippen LogP contribution in [0.25, 0.3) is 0 Å². The minimum absolute atomic E-state index is 0.207. The number of amides is 1. The molecule has 0 aliphatic carbocycles. The van der Waals surface area contributed by atoms with Gasteiger partial charge in [0, 0.05) is 31.8 Å². The summed E-state index contributed by atoms with van der Waals surface area (Å²) in [5.41, 5.74) is -0.700. The minimum atomic E-state index is -0.868. The fraction of sp³-hybridized carbons (Fsp3) is 0.333. The van der Waals surface area contributed by atoms with Crippen LogP contribution < -0.4 is 10.2 Å². The number of benzene rings is 2. The molecule has 2 aromatic carbocycles. The van der Waals surface area contributed by atoms with Crippen molar-refractivity contribution in [1.82, 2.24) is 0 Å². The fourth-order valence-electron chi connectivity index (χ4n) is 3.15. The Morgan fingerprint density at radius 1 is 1.09 bits per heavy atom. The molecule has 0 spiro atoms. The van der Waals surface area contributed by atoms with Gasteiger partial charge in [0.2, 0.25) is 5.91 Å². The normalized spacial score (nSPS) is 10.6. The number of nitro groups is 2. The van der Waals surface area contributed by atoms with Crippen LogP contribution in [0.5, 0.6) is 0 Å². The van der Waals surface area contributed by atoms with Gasteiger partial charge in [-0.2, -0.15) is 5.26 Å². The molecule has 12 nitrogen and oxygen atoms in total. The van der Waals surface area contributed by atoms with E-state index in [1.54, 1.807) is 24.3 Å². The number of hydrogen-bond donors (Lipinski definition) is 1. The van der Waals surface area contributed by atoms with Crippen molar-refractivity contribution in [3.05, 3.63) is 56.1 Å².